The largest absolute Gasteiger partial charge is 0.476 e. The van der Waals surface area contributed by atoms with Crippen molar-refractivity contribution >= 4 is 17.7 Å². The molecule has 0 spiro atoms. The Bertz CT molecular complexity index is 415. The van der Waals surface area contributed by atoms with Crippen molar-refractivity contribution in [1.82, 2.24) is 9.97 Å². The average molecular weight is 235 g/mol. The Hall–Kier alpha value is -2.19. The first-order valence-corrected chi connectivity index (χ1v) is 3.74. The number of nitrogens with one attached hydrogen (secondary N) is 1. The highest BCUT2D eigenvalue weighted by Crippen LogP contribution is 2.16. The summed E-state index contributed by atoms with van der Waals surface area (Å²) in [4.78, 5) is 27.3. The number of hydrogen-bond donors (Lipinski definition) is 2. The lowest BCUT2D eigenvalue weighted by molar-refractivity contribution is -0.167. The summed E-state index contributed by atoms with van der Waals surface area (Å²) in [6, 6.07) is 0. The second-order valence-corrected chi connectivity index (χ2v) is 2.54. The van der Waals surface area contributed by atoms with E-state index < -0.39 is 29.6 Å². The Morgan fingerprint density at radius 2 is 1.88 bits per heavy atom. The van der Waals surface area contributed by atoms with Crippen LogP contribution in [0.1, 0.15) is 10.5 Å². The molecular formula is C7H4F3N3O3. The molecule has 0 aliphatic carbocycles. The lowest BCUT2D eigenvalue weighted by Gasteiger charge is -2.06. The fourth-order valence-electron chi connectivity index (χ4n) is 0.690. The molecule has 16 heavy (non-hydrogen) atoms. The molecule has 1 heterocycles. The Labute approximate surface area is 86.1 Å². The lowest BCUT2D eigenvalue weighted by Crippen LogP contribution is -2.30. The SMILES string of the molecule is O=C(O)c1cnc(NC(=O)C(F)(F)F)cn1. The maximum atomic E-state index is 11.8. The number of carboxylic acids is 1. The first kappa shape index (κ1) is 11.9. The average Bonchev–Trinajstić information content (AvgIpc) is 2.17. The molecule has 0 saturated carbocycles. The number of aromatic carboxylic acids is 1. The molecule has 0 atom stereocenters. The van der Waals surface area contributed by atoms with Crippen molar-refractivity contribution in [2.24, 2.45) is 0 Å². The van der Waals surface area contributed by atoms with Crippen molar-refractivity contribution in [1.29, 1.82) is 0 Å². The standard InChI is InChI=1S/C7H4F3N3O3/c8-7(9,10)6(16)13-4-2-11-3(1-12-4)5(14)15/h1-2H,(H,14,15)(H,12,13,16). The molecule has 0 saturated heterocycles. The molecule has 0 unspecified atom stereocenters. The summed E-state index contributed by atoms with van der Waals surface area (Å²) in [5.74, 6) is -4.06. The second-order valence-electron chi connectivity index (χ2n) is 2.54. The summed E-state index contributed by atoms with van der Waals surface area (Å²) < 4.78 is 35.4. The van der Waals surface area contributed by atoms with Gasteiger partial charge in [0.15, 0.2) is 11.5 Å². The van der Waals surface area contributed by atoms with Gasteiger partial charge in [0.2, 0.25) is 0 Å². The molecule has 1 aromatic heterocycles. The van der Waals surface area contributed by atoms with E-state index in [4.69, 9.17) is 5.11 Å². The molecule has 9 heteroatoms. The first-order valence-electron chi connectivity index (χ1n) is 3.74. The van der Waals surface area contributed by atoms with Gasteiger partial charge < -0.3 is 10.4 Å². The molecule has 1 amide bonds. The number of halogens is 3. The minimum atomic E-state index is -5.03. The van der Waals surface area contributed by atoms with Gasteiger partial charge in [-0.2, -0.15) is 13.2 Å². The number of amides is 1. The van der Waals surface area contributed by atoms with Gasteiger partial charge in [-0.3, -0.25) is 4.79 Å². The number of aromatic nitrogens is 2. The van der Waals surface area contributed by atoms with E-state index in [1.54, 1.807) is 0 Å². The molecule has 86 valence electrons. The zero-order valence-electron chi connectivity index (χ0n) is 7.45. The molecule has 0 aliphatic heterocycles. The highest BCUT2D eigenvalue weighted by atomic mass is 19.4. The van der Waals surface area contributed by atoms with Gasteiger partial charge in [-0.05, 0) is 0 Å². The molecule has 0 aromatic carbocycles. The number of carbonyl (C=O) groups is 2. The first-order chi connectivity index (χ1) is 7.30. The summed E-state index contributed by atoms with van der Waals surface area (Å²) in [5.41, 5.74) is -0.440. The third-order valence-electron chi connectivity index (χ3n) is 1.37. The summed E-state index contributed by atoms with van der Waals surface area (Å²) >= 11 is 0. The second kappa shape index (κ2) is 4.13. The van der Waals surface area contributed by atoms with Crippen LogP contribution in [0.5, 0.6) is 0 Å². The van der Waals surface area contributed by atoms with Crippen LogP contribution in [0.4, 0.5) is 19.0 Å². The molecule has 0 bridgehead atoms. The van der Waals surface area contributed by atoms with E-state index in [-0.39, 0.29) is 0 Å². The van der Waals surface area contributed by atoms with Crippen molar-refractivity contribution in [3.05, 3.63) is 18.1 Å². The minimum Gasteiger partial charge on any atom is -0.476 e. The van der Waals surface area contributed by atoms with Crippen LogP contribution in [0, 0.1) is 0 Å². The minimum absolute atomic E-state index is 0.440. The van der Waals surface area contributed by atoms with Crippen molar-refractivity contribution in [3.8, 4) is 0 Å². The van der Waals surface area contributed by atoms with Crippen LogP contribution < -0.4 is 5.32 Å². The van der Waals surface area contributed by atoms with Crippen LogP contribution in [-0.2, 0) is 4.79 Å². The van der Waals surface area contributed by atoms with E-state index in [9.17, 15) is 22.8 Å². The zero-order valence-corrected chi connectivity index (χ0v) is 7.45. The Kier molecular flexibility index (Phi) is 3.06. The van der Waals surface area contributed by atoms with E-state index >= 15 is 0 Å². The van der Waals surface area contributed by atoms with Crippen molar-refractivity contribution in [2.75, 3.05) is 5.32 Å². The zero-order chi connectivity index (χ0) is 12.3. The predicted octanol–water partition coefficient (Wildman–Crippen LogP) is 0.676. The van der Waals surface area contributed by atoms with E-state index in [0.29, 0.717) is 6.20 Å². The maximum Gasteiger partial charge on any atom is 0.471 e. The van der Waals surface area contributed by atoms with Crippen molar-refractivity contribution < 1.29 is 27.9 Å². The van der Waals surface area contributed by atoms with Gasteiger partial charge in [-0.25, -0.2) is 14.8 Å². The fourth-order valence-corrected chi connectivity index (χ4v) is 0.690. The van der Waals surface area contributed by atoms with Gasteiger partial charge in [0.25, 0.3) is 0 Å². The van der Waals surface area contributed by atoms with E-state index in [1.165, 1.54) is 5.32 Å². The summed E-state index contributed by atoms with van der Waals surface area (Å²) in [5, 5.41) is 9.83. The van der Waals surface area contributed by atoms with E-state index in [1.807, 2.05) is 0 Å². The third kappa shape index (κ3) is 2.90. The van der Waals surface area contributed by atoms with Crippen LogP contribution in [0.2, 0.25) is 0 Å². The highest BCUT2D eigenvalue weighted by Gasteiger charge is 2.38. The third-order valence-corrected chi connectivity index (χ3v) is 1.37. The molecule has 2 N–H and O–H groups in total. The molecule has 0 aliphatic rings. The van der Waals surface area contributed by atoms with Crippen molar-refractivity contribution in [2.45, 2.75) is 6.18 Å². The van der Waals surface area contributed by atoms with Crippen LogP contribution in [-0.4, -0.2) is 33.1 Å². The topological polar surface area (TPSA) is 92.2 Å². The van der Waals surface area contributed by atoms with Gasteiger partial charge >= 0.3 is 18.1 Å². The summed E-state index contributed by atoms with van der Waals surface area (Å²) in [6.07, 6.45) is -3.59. The van der Waals surface area contributed by atoms with Crippen LogP contribution in [0.3, 0.4) is 0 Å². The fraction of sp³-hybridized carbons (Fsp3) is 0.143. The molecule has 1 aromatic rings. The summed E-state index contributed by atoms with van der Waals surface area (Å²) in [6.45, 7) is 0. The number of carbonyl (C=O) groups excluding carboxylic acids is 1. The maximum absolute atomic E-state index is 11.8. The number of anilines is 1. The number of alkyl halides is 3. The Morgan fingerprint density at radius 1 is 1.25 bits per heavy atom. The van der Waals surface area contributed by atoms with E-state index in [2.05, 4.69) is 9.97 Å². The molecule has 1 rings (SSSR count). The smallest absolute Gasteiger partial charge is 0.471 e. The Morgan fingerprint density at radius 3 is 2.25 bits per heavy atom. The lowest BCUT2D eigenvalue weighted by atomic mass is 10.4. The normalized spacial score (nSPS) is 10.9. The summed E-state index contributed by atoms with van der Waals surface area (Å²) in [7, 11) is 0. The van der Waals surface area contributed by atoms with Gasteiger partial charge in [0.05, 0.1) is 12.4 Å². The highest BCUT2D eigenvalue weighted by molar-refractivity contribution is 5.94. The quantitative estimate of drug-likeness (QED) is 0.786. The van der Waals surface area contributed by atoms with Crippen molar-refractivity contribution in [3.63, 3.8) is 0 Å². The van der Waals surface area contributed by atoms with Crippen LogP contribution in [0.25, 0.3) is 0 Å². The monoisotopic (exact) mass is 235 g/mol. The van der Waals surface area contributed by atoms with E-state index in [0.717, 1.165) is 6.20 Å². The Balaban J connectivity index is 2.77. The number of hydrogen-bond acceptors (Lipinski definition) is 4. The van der Waals surface area contributed by atoms with Crippen LogP contribution in [0.15, 0.2) is 12.4 Å². The van der Waals surface area contributed by atoms with Crippen LogP contribution >= 0.6 is 0 Å². The van der Waals surface area contributed by atoms with Gasteiger partial charge in [0.1, 0.15) is 0 Å². The van der Waals surface area contributed by atoms with Gasteiger partial charge in [0, 0.05) is 0 Å². The molecule has 0 fully saturated rings. The predicted molar refractivity (Wildman–Crippen MR) is 43.7 cm³/mol. The number of nitrogens with zero attached hydrogens (tertiary/aromatic N) is 2. The number of carboxylic acid groups (broad SMARTS) is 1. The number of rotatable bonds is 2. The molecule has 6 nitrogen and oxygen atoms in total. The van der Waals surface area contributed by atoms with Gasteiger partial charge in [-0.15, -0.1) is 0 Å². The molecular weight excluding hydrogens is 231 g/mol. The van der Waals surface area contributed by atoms with Gasteiger partial charge in [-0.1, -0.05) is 0 Å². The molecule has 0 radical (unpaired) electrons.